The van der Waals surface area contributed by atoms with E-state index in [1.165, 1.54) is 37.4 Å². The topological polar surface area (TPSA) is 45.1 Å². The van der Waals surface area contributed by atoms with Gasteiger partial charge in [-0.25, -0.2) is 5.01 Å². The summed E-state index contributed by atoms with van der Waals surface area (Å²) in [4.78, 5) is 14.0. The Morgan fingerprint density at radius 1 is 1.08 bits per heavy atom. The molecule has 0 radical (unpaired) electrons. The number of carbonyl (C=O) groups excluding carboxylic acids is 1. The molecule has 0 N–H and O–H groups in total. The number of ether oxygens (including phenoxy) is 1. The van der Waals surface area contributed by atoms with Gasteiger partial charge in [0, 0.05) is 26.4 Å². The average Bonchev–Trinajstić information content (AvgIpc) is 2.62. The van der Waals surface area contributed by atoms with Gasteiger partial charge in [0.15, 0.2) is 0 Å². The van der Waals surface area contributed by atoms with Crippen LogP contribution in [-0.4, -0.2) is 54.8 Å². The van der Waals surface area contributed by atoms with Crippen LogP contribution in [0.25, 0.3) is 0 Å². The van der Waals surface area contributed by atoms with E-state index in [4.69, 9.17) is 4.74 Å². The first-order valence-corrected chi connectivity index (χ1v) is 9.02. The van der Waals surface area contributed by atoms with E-state index in [1.807, 2.05) is 24.3 Å². The molecule has 2 aliphatic rings. The van der Waals surface area contributed by atoms with Crippen molar-refractivity contribution in [2.45, 2.75) is 38.5 Å². The maximum absolute atomic E-state index is 11.5. The second-order valence-electron chi connectivity index (χ2n) is 6.59. The van der Waals surface area contributed by atoms with E-state index in [-0.39, 0.29) is 5.91 Å². The molecule has 24 heavy (non-hydrogen) atoms. The van der Waals surface area contributed by atoms with Crippen molar-refractivity contribution < 1.29 is 9.53 Å². The number of likely N-dealkylation sites (tertiary alicyclic amines) is 1. The summed E-state index contributed by atoms with van der Waals surface area (Å²) in [5.41, 5.74) is 2.03. The standard InChI is InChI=1S/C19H27N3O2/c1-21-19(23)11-10-18(20-21)16-6-8-17(9-7-16)24-15-5-14-22-12-3-2-4-13-22/h6-9H,2-5,10-15H2,1H3. The van der Waals surface area contributed by atoms with Gasteiger partial charge in [-0.1, -0.05) is 6.42 Å². The van der Waals surface area contributed by atoms with Crippen LogP contribution in [-0.2, 0) is 4.79 Å². The molecule has 0 atom stereocenters. The van der Waals surface area contributed by atoms with E-state index >= 15 is 0 Å². The summed E-state index contributed by atoms with van der Waals surface area (Å²) in [5.74, 6) is 0.977. The molecular formula is C19H27N3O2. The molecule has 0 saturated carbocycles. The van der Waals surface area contributed by atoms with E-state index in [2.05, 4.69) is 10.0 Å². The van der Waals surface area contributed by atoms with Gasteiger partial charge in [0.25, 0.3) is 0 Å². The van der Waals surface area contributed by atoms with Crippen LogP contribution in [0.1, 0.15) is 44.1 Å². The Kier molecular flexibility index (Phi) is 5.86. The number of benzene rings is 1. The molecule has 0 unspecified atom stereocenters. The third kappa shape index (κ3) is 4.57. The van der Waals surface area contributed by atoms with Crippen molar-refractivity contribution in [1.29, 1.82) is 0 Å². The van der Waals surface area contributed by atoms with Gasteiger partial charge in [-0.15, -0.1) is 0 Å². The fourth-order valence-corrected chi connectivity index (χ4v) is 3.28. The normalized spacial score (nSPS) is 19.3. The quantitative estimate of drug-likeness (QED) is 0.754. The Balaban J connectivity index is 1.44. The van der Waals surface area contributed by atoms with Crippen LogP contribution in [0.15, 0.2) is 29.4 Å². The first-order chi connectivity index (χ1) is 11.7. The number of carbonyl (C=O) groups is 1. The molecule has 1 saturated heterocycles. The molecule has 1 aromatic carbocycles. The van der Waals surface area contributed by atoms with Gasteiger partial charge < -0.3 is 9.64 Å². The van der Waals surface area contributed by atoms with Gasteiger partial charge in [-0.2, -0.15) is 5.10 Å². The summed E-state index contributed by atoms with van der Waals surface area (Å²) < 4.78 is 5.85. The number of hydrogen-bond donors (Lipinski definition) is 0. The molecule has 5 nitrogen and oxygen atoms in total. The summed E-state index contributed by atoms with van der Waals surface area (Å²) in [7, 11) is 1.71. The number of rotatable bonds is 6. The summed E-state index contributed by atoms with van der Waals surface area (Å²) in [6.45, 7) is 4.38. The third-order valence-electron chi connectivity index (χ3n) is 4.73. The van der Waals surface area contributed by atoms with Crippen molar-refractivity contribution in [3.8, 4) is 5.75 Å². The van der Waals surface area contributed by atoms with Crippen LogP contribution in [0.2, 0.25) is 0 Å². The number of piperidine rings is 1. The lowest BCUT2D eigenvalue weighted by Gasteiger charge is -2.26. The predicted octanol–water partition coefficient (Wildman–Crippen LogP) is 2.90. The summed E-state index contributed by atoms with van der Waals surface area (Å²) in [6.07, 6.45) is 6.37. The lowest BCUT2D eigenvalue weighted by Crippen LogP contribution is -2.31. The molecule has 1 aromatic rings. The van der Waals surface area contributed by atoms with Crippen LogP contribution >= 0.6 is 0 Å². The molecular weight excluding hydrogens is 302 g/mol. The van der Waals surface area contributed by atoms with Gasteiger partial charge >= 0.3 is 0 Å². The Morgan fingerprint density at radius 3 is 2.54 bits per heavy atom. The predicted molar refractivity (Wildman–Crippen MR) is 95.4 cm³/mol. The maximum Gasteiger partial charge on any atom is 0.242 e. The van der Waals surface area contributed by atoms with Crippen LogP contribution in [0.4, 0.5) is 0 Å². The average molecular weight is 329 g/mol. The highest BCUT2D eigenvalue weighted by atomic mass is 16.5. The molecule has 1 fully saturated rings. The Labute approximate surface area is 144 Å². The van der Waals surface area contributed by atoms with Crippen LogP contribution in [0.5, 0.6) is 5.75 Å². The van der Waals surface area contributed by atoms with Gasteiger partial charge in [0.2, 0.25) is 5.91 Å². The largest absolute Gasteiger partial charge is 0.494 e. The molecule has 0 aromatic heterocycles. The molecule has 0 bridgehead atoms. The fourth-order valence-electron chi connectivity index (χ4n) is 3.28. The van der Waals surface area contributed by atoms with Gasteiger partial charge in [-0.3, -0.25) is 4.79 Å². The summed E-state index contributed by atoms with van der Waals surface area (Å²) in [6, 6.07) is 8.05. The minimum absolute atomic E-state index is 0.0763. The number of amides is 1. The maximum atomic E-state index is 11.5. The summed E-state index contributed by atoms with van der Waals surface area (Å²) in [5, 5.41) is 5.78. The van der Waals surface area contributed by atoms with Gasteiger partial charge in [0.05, 0.1) is 12.3 Å². The zero-order chi connectivity index (χ0) is 16.8. The molecule has 2 aliphatic heterocycles. The Hall–Kier alpha value is -1.88. The van der Waals surface area contributed by atoms with Crippen molar-refractivity contribution in [3.63, 3.8) is 0 Å². The molecule has 2 heterocycles. The molecule has 5 heteroatoms. The van der Waals surface area contributed by atoms with Crippen molar-refractivity contribution in [3.05, 3.63) is 29.8 Å². The van der Waals surface area contributed by atoms with E-state index < -0.39 is 0 Å². The Bertz CT molecular complexity index is 577. The van der Waals surface area contributed by atoms with Gasteiger partial charge in [0.1, 0.15) is 5.75 Å². The van der Waals surface area contributed by atoms with Crippen LogP contribution in [0, 0.1) is 0 Å². The smallest absolute Gasteiger partial charge is 0.242 e. The molecule has 0 aliphatic carbocycles. The molecule has 3 rings (SSSR count). The second kappa shape index (κ2) is 8.29. The van der Waals surface area contributed by atoms with E-state index in [0.29, 0.717) is 12.8 Å². The SMILES string of the molecule is CN1N=C(c2ccc(OCCCN3CCCCC3)cc2)CCC1=O. The second-order valence-corrected chi connectivity index (χ2v) is 6.59. The highest BCUT2D eigenvalue weighted by molar-refractivity contribution is 6.04. The highest BCUT2D eigenvalue weighted by Crippen LogP contribution is 2.18. The lowest BCUT2D eigenvalue weighted by molar-refractivity contribution is -0.130. The van der Waals surface area contributed by atoms with Crippen molar-refractivity contribution >= 4 is 11.6 Å². The lowest BCUT2D eigenvalue weighted by atomic mass is 10.0. The molecule has 0 spiro atoms. The number of hydrazone groups is 1. The fraction of sp³-hybridized carbons (Fsp3) is 0.579. The first-order valence-electron chi connectivity index (χ1n) is 9.02. The van der Waals surface area contributed by atoms with Gasteiger partial charge in [-0.05, 0) is 62.2 Å². The minimum Gasteiger partial charge on any atom is -0.494 e. The van der Waals surface area contributed by atoms with Crippen LogP contribution in [0.3, 0.4) is 0 Å². The third-order valence-corrected chi connectivity index (χ3v) is 4.73. The van der Waals surface area contributed by atoms with Crippen molar-refractivity contribution in [2.24, 2.45) is 5.10 Å². The highest BCUT2D eigenvalue weighted by Gasteiger charge is 2.17. The van der Waals surface area contributed by atoms with Crippen molar-refractivity contribution in [2.75, 3.05) is 33.3 Å². The first kappa shape index (κ1) is 17.0. The zero-order valence-corrected chi connectivity index (χ0v) is 14.5. The van der Waals surface area contributed by atoms with E-state index in [0.717, 1.165) is 36.6 Å². The monoisotopic (exact) mass is 329 g/mol. The zero-order valence-electron chi connectivity index (χ0n) is 14.5. The number of hydrogen-bond acceptors (Lipinski definition) is 4. The van der Waals surface area contributed by atoms with E-state index in [1.54, 1.807) is 7.05 Å². The minimum atomic E-state index is 0.0763. The van der Waals surface area contributed by atoms with E-state index in [9.17, 15) is 4.79 Å². The molecule has 130 valence electrons. The number of nitrogens with zero attached hydrogens (tertiary/aromatic N) is 3. The Morgan fingerprint density at radius 2 is 1.83 bits per heavy atom. The van der Waals surface area contributed by atoms with Crippen LogP contribution < -0.4 is 4.74 Å². The molecule has 1 amide bonds. The van der Waals surface area contributed by atoms with Crippen molar-refractivity contribution in [1.82, 2.24) is 9.91 Å². The summed E-state index contributed by atoms with van der Waals surface area (Å²) >= 11 is 0.